The SMILES string of the molecule is CNCCn1nc(C)c(C)c1Nc1ccnc(Nc2cccc(S(C)(=O)=O)c2)n1. The fourth-order valence-corrected chi connectivity index (χ4v) is 3.42. The molecule has 9 nitrogen and oxygen atoms in total. The van der Waals surface area contributed by atoms with Gasteiger partial charge in [0.15, 0.2) is 9.84 Å². The number of nitrogens with zero attached hydrogens (tertiary/aromatic N) is 4. The molecule has 2 aromatic heterocycles. The van der Waals surface area contributed by atoms with Crippen molar-refractivity contribution >= 4 is 33.1 Å². The van der Waals surface area contributed by atoms with Crippen LogP contribution in [0.2, 0.25) is 0 Å². The molecule has 0 amide bonds. The smallest absolute Gasteiger partial charge is 0.229 e. The molecule has 0 radical (unpaired) electrons. The number of nitrogens with one attached hydrogen (secondary N) is 3. The van der Waals surface area contributed by atoms with Gasteiger partial charge in [0.1, 0.15) is 11.6 Å². The molecule has 154 valence electrons. The third-order valence-electron chi connectivity index (χ3n) is 4.42. The summed E-state index contributed by atoms with van der Waals surface area (Å²) in [6.07, 6.45) is 2.81. The first-order valence-electron chi connectivity index (χ1n) is 9.14. The van der Waals surface area contributed by atoms with Crippen LogP contribution < -0.4 is 16.0 Å². The van der Waals surface area contributed by atoms with E-state index in [1.807, 2.05) is 25.6 Å². The number of hydrogen-bond acceptors (Lipinski definition) is 8. The maximum atomic E-state index is 11.8. The van der Waals surface area contributed by atoms with Crippen LogP contribution in [0.4, 0.5) is 23.3 Å². The predicted octanol–water partition coefficient (Wildman–Crippen LogP) is 2.40. The van der Waals surface area contributed by atoms with Gasteiger partial charge in [0.05, 0.1) is 17.1 Å². The Morgan fingerprint density at radius 2 is 1.93 bits per heavy atom. The summed E-state index contributed by atoms with van der Waals surface area (Å²) in [7, 11) is -1.39. The van der Waals surface area contributed by atoms with Crippen LogP contribution in [0.1, 0.15) is 11.3 Å². The van der Waals surface area contributed by atoms with Crippen molar-refractivity contribution in [2.45, 2.75) is 25.3 Å². The number of rotatable bonds is 8. The molecule has 0 fully saturated rings. The molecule has 1 aromatic carbocycles. The highest BCUT2D eigenvalue weighted by molar-refractivity contribution is 7.90. The first-order valence-corrected chi connectivity index (χ1v) is 11.0. The second-order valence-electron chi connectivity index (χ2n) is 6.70. The van der Waals surface area contributed by atoms with Gasteiger partial charge in [-0.2, -0.15) is 10.1 Å². The number of anilines is 4. The minimum atomic E-state index is -3.29. The summed E-state index contributed by atoms with van der Waals surface area (Å²) in [5.74, 6) is 1.84. The number of likely N-dealkylation sites (N-methyl/N-ethyl adjacent to an activating group) is 1. The minimum Gasteiger partial charge on any atom is -0.325 e. The van der Waals surface area contributed by atoms with Crippen molar-refractivity contribution in [3.8, 4) is 0 Å². The monoisotopic (exact) mass is 415 g/mol. The zero-order valence-corrected chi connectivity index (χ0v) is 17.7. The summed E-state index contributed by atoms with van der Waals surface area (Å²) in [5.41, 5.74) is 2.60. The molecule has 29 heavy (non-hydrogen) atoms. The van der Waals surface area contributed by atoms with Gasteiger partial charge >= 0.3 is 0 Å². The molecule has 0 aliphatic rings. The summed E-state index contributed by atoms with van der Waals surface area (Å²) in [5, 5.41) is 14.1. The average molecular weight is 416 g/mol. The van der Waals surface area contributed by atoms with Gasteiger partial charge in [-0.15, -0.1) is 0 Å². The molecule has 0 saturated heterocycles. The van der Waals surface area contributed by atoms with E-state index in [9.17, 15) is 8.42 Å². The second kappa shape index (κ2) is 8.58. The number of benzene rings is 1. The molecular weight excluding hydrogens is 390 g/mol. The number of aromatic nitrogens is 4. The molecule has 0 bridgehead atoms. The van der Waals surface area contributed by atoms with Crippen LogP contribution in [0, 0.1) is 13.8 Å². The first kappa shape index (κ1) is 20.7. The lowest BCUT2D eigenvalue weighted by molar-refractivity contribution is 0.587. The zero-order chi connectivity index (χ0) is 21.0. The Bertz CT molecular complexity index is 1110. The Balaban J connectivity index is 1.83. The maximum Gasteiger partial charge on any atom is 0.229 e. The van der Waals surface area contributed by atoms with E-state index in [2.05, 4.69) is 31.0 Å². The molecule has 0 aliphatic heterocycles. The number of hydrogen-bond donors (Lipinski definition) is 3. The van der Waals surface area contributed by atoms with Crippen molar-refractivity contribution in [1.29, 1.82) is 0 Å². The highest BCUT2D eigenvalue weighted by Gasteiger charge is 2.13. The molecule has 3 rings (SSSR count). The normalized spacial score (nSPS) is 11.4. The lowest BCUT2D eigenvalue weighted by Crippen LogP contribution is -2.17. The summed E-state index contributed by atoms with van der Waals surface area (Å²) in [6.45, 7) is 5.50. The van der Waals surface area contributed by atoms with E-state index in [1.165, 1.54) is 6.26 Å². The predicted molar refractivity (Wildman–Crippen MR) is 114 cm³/mol. The molecule has 0 unspecified atom stereocenters. The fraction of sp³-hybridized carbons (Fsp3) is 0.316. The van der Waals surface area contributed by atoms with Crippen molar-refractivity contribution in [3.05, 3.63) is 47.8 Å². The van der Waals surface area contributed by atoms with Crippen LogP contribution in [0.25, 0.3) is 0 Å². The van der Waals surface area contributed by atoms with Crippen molar-refractivity contribution in [3.63, 3.8) is 0 Å². The van der Waals surface area contributed by atoms with Crippen molar-refractivity contribution in [2.75, 3.05) is 30.5 Å². The van der Waals surface area contributed by atoms with E-state index in [-0.39, 0.29) is 4.90 Å². The summed E-state index contributed by atoms with van der Waals surface area (Å²) in [6, 6.07) is 8.31. The molecule has 0 atom stereocenters. The minimum absolute atomic E-state index is 0.233. The van der Waals surface area contributed by atoms with Crippen molar-refractivity contribution < 1.29 is 8.42 Å². The standard InChI is InChI=1S/C19H25N7O2S/c1-13-14(2)25-26(11-10-20-3)18(13)23-17-8-9-21-19(24-17)22-15-6-5-7-16(12-15)29(4,27)28/h5-9,12,20H,10-11H2,1-4H3,(H2,21,22,23,24). The third-order valence-corrected chi connectivity index (χ3v) is 5.53. The van der Waals surface area contributed by atoms with Crippen LogP contribution in [-0.4, -0.2) is 48.0 Å². The van der Waals surface area contributed by atoms with Crippen molar-refractivity contribution in [1.82, 2.24) is 25.1 Å². The van der Waals surface area contributed by atoms with Gasteiger partial charge in [-0.05, 0) is 45.2 Å². The Labute approximate surface area is 170 Å². The molecule has 3 aromatic rings. The van der Waals surface area contributed by atoms with Gasteiger partial charge in [-0.1, -0.05) is 6.07 Å². The molecule has 10 heteroatoms. The van der Waals surface area contributed by atoms with E-state index < -0.39 is 9.84 Å². The van der Waals surface area contributed by atoms with E-state index in [0.717, 1.165) is 30.2 Å². The quantitative estimate of drug-likeness (QED) is 0.514. The van der Waals surface area contributed by atoms with E-state index >= 15 is 0 Å². The molecule has 0 saturated carbocycles. The molecule has 0 aliphatic carbocycles. The van der Waals surface area contributed by atoms with Crippen LogP contribution in [-0.2, 0) is 16.4 Å². The van der Waals surface area contributed by atoms with Gasteiger partial charge in [-0.3, -0.25) is 0 Å². The highest BCUT2D eigenvalue weighted by Crippen LogP contribution is 2.23. The van der Waals surface area contributed by atoms with Gasteiger partial charge in [0.2, 0.25) is 5.95 Å². The largest absolute Gasteiger partial charge is 0.325 e. The molecule has 2 heterocycles. The van der Waals surface area contributed by atoms with Crippen LogP contribution in [0.3, 0.4) is 0 Å². The topological polar surface area (TPSA) is 114 Å². The van der Waals surface area contributed by atoms with Gasteiger partial charge in [0, 0.05) is 30.2 Å². The third kappa shape index (κ3) is 5.09. The van der Waals surface area contributed by atoms with Gasteiger partial charge < -0.3 is 16.0 Å². The number of sulfone groups is 1. The summed E-state index contributed by atoms with van der Waals surface area (Å²) in [4.78, 5) is 8.94. The van der Waals surface area contributed by atoms with E-state index in [1.54, 1.807) is 36.5 Å². The van der Waals surface area contributed by atoms with Crippen LogP contribution in [0.15, 0.2) is 41.4 Å². The Morgan fingerprint density at radius 3 is 2.66 bits per heavy atom. The zero-order valence-electron chi connectivity index (χ0n) is 16.9. The summed E-state index contributed by atoms with van der Waals surface area (Å²) < 4.78 is 25.4. The van der Waals surface area contributed by atoms with Gasteiger partial charge in [-0.25, -0.2) is 18.1 Å². The lowest BCUT2D eigenvalue weighted by Gasteiger charge is -2.12. The van der Waals surface area contributed by atoms with Crippen LogP contribution in [0.5, 0.6) is 0 Å². The first-order chi connectivity index (χ1) is 13.8. The van der Waals surface area contributed by atoms with Gasteiger partial charge in [0.25, 0.3) is 0 Å². The fourth-order valence-electron chi connectivity index (χ4n) is 2.75. The maximum absolute atomic E-state index is 11.8. The van der Waals surface area contributed by atoms with E-state index in [4.69, 9.17) is 0 Å². The highest BCUT2D eigenvalue weighted by atomic mass is 32.2. The Morgan fingerprint density at radius 1 is 1.14 bits per heavy atom. The molecule has 0 spiro atoms. The second-order valence-corrected chi connectivity index (χ2v) is 8.72. The van der Waals surface area contributed by atoms with E-state index in [0.29, 0.717) is 17.5 Å². The van der Waals surface area contributed by atoms with Crippen LogP contribution >= 0.6 is 0 Å². The molecular formula is C19H25N7O2S. The molecule has 3 N–H and O–H groups in total. The Hall–Kier alpha value is -2.98. The Kier molecular flexibility index (Phi) is 6.14. The number of aryl methyl sites for hydroxylation is 1. The van der Waals surface area contributed by atoms with Crippen molar-refractivity contribution in [2.24, 2.45) is 0 Å². The summed E-state index contributed by atoms with van der Waals surface area (Å²) >= 11 is 0. The average Bonchev–Trinajstić information content (AvgIpc) is 2.94. The lowest BCUT2D eigenvalue weighted by atomic mass is 10.3.